The summed E-state index contributed by atoms with van der Waals surface area (Å²) in [6.45, 7) is 5.74. The van der Waals surface area contributed by atoms with E-state index in [9.17, 15) is 9.59 Å². The summed E-state index contributed by atoms with van der Waals surface area (Å²) in [5.74, 6) is 0.0681. The maximum atomic E-state index is 12.7. The molecule has 0 radical (unpaired) electrons. The molecule has 1 heterocycles. The predicted molar refractivity (Wildman–Crippen MR) is 69.9 cm³/mol. The molecule has 18 heavy (non-hydrogen) atoms. The molecule has 1 aliphatic carbocycles. The quantitative estimate of drug-likeness (QED) is 0.774. The second-order valence-electron chi connectivity index (χ2n) is 5.26. The monoisotopic (exact) mass is 250 g/mol. The van der Waals surface area contributed by atoms with Crippen LogP contribution in [0.1, 0.15) is 46.5 Å². The van der Waals surface area contributed by atoms with E-state index in [1.165, 1.54) is 0 Å². The van der Waals surface area contributed by atoms with E-state index in [2.05, 4.69) is 17.5 Å². The van der Waals surface area contributed by atoms with Gasteiger partial charge in [0.25, 0.3) is 0 Å². The Kier molecular flexibility index (Phi) is 3.46. The molecule has 4 nitrogen and oxygen atoms in total. The van der Waals surface area contributed by atoms with Gasteiger partial charge in [-0.2, -0.15) is 0 Å². The number of carbonyl (C=O) groups excluding carboxylic acids is 2. The summed E-state index contributed by atoms with van der Waals surface area (Å²) >= 11 is 0. The van der Waals surface area contributed by atoms with Crippen LogP contribution in [-0.4, -0.2) is 34.3 Å². The molecule has 2 amide bonds. The highest BCUT2D eigenvalue weighted by Gasteiger charge is 2.49. The van der Waals surface area contributed by atoms with Crippen LogP contribution in [0.15, 0.2) is 12.2 Å². The first-order valence-electron chi connectivity index (χ1n) is 6.85. The topological polar surface area (TPSA) is 49.4 Å². The van der Waals surface area contributed by atoms with Crippen molar-refractivity contribution >= 4 is 11.8 Å². The molecule has 100 valence electrons. The van der Waals surface area contributed by atoms with Crippen LogP contribution in [0, 0.1) is 0 Å². The fraction of sp³-hybridized carbons (Fsp3) is 0.714. The van der Waals surface area contributed by atoms with Gasteiger partial charge >= 0.3 is 0 Å². The van der Waals surface area contributed by atoms with Crippen molar-refractivity contribution in [3.05, 3.63) is 12.2 Å². The number of carbonyl (C=O) groups is 2. The van der Waals surface area contributed by atoms with E-state index in [0.29, 0.717) is 12.8 Å². The summed E-state index contributed by atoms with van der Waals surface area (Å²) < 4.78 is 0. The number of nitrogens with zero attached hydrogens (tertiary/aromatic N) is 1. The van der Waals surface area contributed by atoms with E-state index in [4.69, 9.17) is 0 Å². The highest BCUT2D eigenvalue weighted by Crippen LogP contribution is 2.30. The average Bonchev–Trinajstić information content (AvgIpc) is 2.88. The molecule has 1 N–H and O–H groups in total. The molecular formula is C14H22N2O2. The molecule has 1 saturated heterocycles. The van der Waals surface area contributed by atoms with Gasteiger partial charge < -0.3 is 10.2 Å². The van der Waals surface area contributed by atoms with Gasteiger partial charge in [0, 0.05) is 6.04 Å². The van der Waals surface area contributed by atoms with Crippen molar-refractivity contribution in [3.8, 4) is 0 Å². The van der Waals surface area contributed by atoms with Gasteiger partial charge in [-0.15, -0.1) is 0 Å². The van der Waals surface area contributed by atoms with Crippen molar-refractivity contribution in [1.29, 1.82) is 0 Å². The number of amides is 2. The van der Waals surface area contributed by atoms with E-state index in [0.717, 1.165) is 12.8 Å². The fourth-order valence-electron chi connectivity index (χ4n) is 2.98. The standard InChI is InChI=1S/C14H22N2O2/c1-4-14(5-2)13(18)16(10(3)12(17)15-14)11-8-6-7-9-11/h6-7,10-11H,4-5,8-9H2,1-3H3,(H,15,17). The molecular weight excluding hydrogens is 228 g/mol. The molecule has 0 saturated carbocycles. The maximum Gasteiger partial charge on any atom is 0.249 e. The van der Waals surface area contributed by atoms with Crippen molar-refractivity contribution in [3.63, 3.8) is 0 Å². The van der Waals surface area contributed by atoms with Gasteiger partial charge in [0.15, 0.2) is 0 Å². The Bertz CT molecular complexity index is 377. The number of nitrogens with one attached hydrogen (secondary N) is 1. The number of rotatable bonds is 3. The highest BCUT2D eigenvalue weighted by molar-refractivity contribution is 5.99. The first kappa shape index (κ1) is 13.1. The van der Waals surface area contributed by atoms with Crippen LogP contribution in [0.5, 0.6) is 0 Å². The number of hydrogen-bond donors (Lipinski definition) is 1. The number of piperazine rings is 1. The Hall–Kier alpha value is -1.32. The third-order valence-corrected chi connectivity index (χ3v) is 4.39. The zero-order valence-corrected chi connectivity index (χ0v) is 11.4. The Morgan fingerprint density at radius 2 is 1.83 bits per heavy atom. The molecule has 0 bridgehead atoms. The average molecular weight is 250 g/mol. The first-order chi connectivity index (χ1) is 8.55. The zero-order chi connectivity index (χ0) is 13.3. The molecule has 0 aromatic carbocycles. The van der Waals surface area contributed by atoms with E-state index in [1.807, 2.05) is 25.7 Å². The minimum Gasteiger partial charge on any atom is -0.340 e. The summed E-state index contributed by atoms with van der Waals surface area (Å²) in [6.07, 6.45) is 7.22. The molecule has 4 heteroatoms. The Morgan fingerprint density at radius 1 is 1.28 bits per heavy atom. The highest BCUT2D eigenvalue weighted by atomic mass is 16.2. The van der Waals surface area contributed by atoms with Gasteiger partial charge in [0.2, 0.25) is 11.8 Å². The van der Waals surface area contributed by atoms with Crippen molar-refractivity contribution < 1.29 is 9.59 Å². The van der Waals surface area contributed by atoms with Crippen molar-refractivity contribution in [2.45, 2.75) is 64.1 Å². The minimum atomic E-state index is -0.688. The third kappa shape index (κ3) is 1.84. The Balaban J connectivity index is 2.30. The minimum absolute atomic E-state index is 0.0230. The summed E-state index contributed by atoms with van der Waals surface area (Å²) in [5.41, 5.74) is -0.688. The van der Waals surface area contributed by atoms with Crippen molar-refractivity contribution in [1.82, 2.24) is 10.2 Å². The van der Waals surface area contributed by atoms with Crippen LogP contribution in [0.2, 0.25) is 0 Å². The van der Waals surface area contributed by atoms with Gasteiger partial charge in [-0.05, 0) is 32.6 Å². The summed E-state index contributed by atoms with van der Waals surface area (Å²) in [5, 5.41) is 2.93. The van der Waals surface area contributed by atoms with Gasteiger partial charge in [0.05, 0.1) is 0 Å². The largest absolute Gasteiger partial charge is 0.340 e. The lowest BCUT2D eigenvalue weighted by molar-refractivity contribution is -0.157. The maximum absolute atomic E-state index is 12.7. The molecule has 0 spiro atoms. The normalized spacial score (nSPS) is 27.7. The molecule has 1 unspecified atom stereocenters. The first-order valence-corrected chi connectivity index (χ1v) is 6.85. The molecule has 0 aromatic rings. The molecule has 1 atom stereocenters. The summed E-state index contributed by atoms with van der Waals surface area (Å²) in [7, 11) is 0. The molecule has 2 aliphatic rings. The predicted octanol–water partition coefficient (Wildman–Crippen LogP) is 1.61. The molecule has 1 fully saturated rings. The van der Waals surface area contributed by atoms with Crippen LogP contribution < -0.4 is 5.32 Å². The van der Waals surface area contributed by atoms with Gasteiger partial charge in [-0.1, -0.05) is 26.0 Å². The lowest BCUT2D eigenvalue weighted by Gasteiger charge is -2.47. The van der Waals surface area contributed by atoms with Gasteiger partial charge in [0.1, 0.15) is 11.6 Å². The fourth-order valence-corrected chi connectivity index (χ4v) is 2.98. The summed E-state index contributed by atoms with van der Waals surface area (Å²) in [6, 6.07) is -0.190. The van der Waals surface area contributed by atoms with Crippen LogP contribution in [0.25, 0.3) is 0 Å². The molecule has 2 rings (SSSR count). The van der Waals surface area contributed by atoms with Crippen LogP contribution in [0.3, 0.4) is 0 Å². The third-order valence-electron chi connectivity index (χ3n) is 4.39. The van der Waals surface area contributed by atoms with Crippen molar-refractivity contribution in [2.24, 2.45) is 0 Å². The van der Waals surface area contributed by atoms with Crippen molar-refractivity contribution in [2.75, 3.05) is 0 Å². The van der Waals surface area contributed by atoms with Crippen LogP contribution in [-0.2, 0) is 9.59 Å². The summed E-state index contributed by atoms with van der Waals surface area (Å²) in [4.78, 5) is 26.7. The Morgan fingerprint density at radius 3 is 2.33 bits per heavy atom. The molecule has 0 aromatic heterocycles. The molecule has 1 aliphatic heterocycles. The SMILES string of the molecule is CCC1(CC)NC(=O)C(C)N(C2CC=CC2)C1=O. The number of hydrogen-bond acceptors (Lipinski definition) is 2. The van der Waals surface area contributed by atoms with E-state index < -0.39 is 5.54 Å². The smallest absolute Gasteiger partial charge is 0.249 e. The van der Waals surface area contributed by atoms with Gasteiger partial charge in [-0.3, -0.25) is 9.59 Å². The second kappa shape index (κ2) is 4.75. The lowest BCUT2D eigenvalue weighted by atomic mass is 9.86. The Labute approximate surface area is 108 Å². The van der Waals surface area contributed by atoms with Crippen LogP contribution in [0.4, 0.5) is 0 Å². The van der Waals surface area contributed by atoms with E-state index in [1.54, 1.807) is 0 Å². The van der Waals surface area contributed by atoms with E-state index in [-0.39, 0.29) is 23.9 Å². The lowest BCUT2D eigenvalue weighted by Crippen LogP contribution is -2.70. The van der Waals surface area contributed by atoms with Crippen LogP contribution >= 0.6 is 0 Å². The zero-order valence-electron chi connectivity index (χ0n) is 11.4. The van der Waals surface area contributed by atoms with E-state index >= 15 is 0 Å². The van der Waals surface area contributed by atoms with Gasteiger partial charge in [-0.25, -0.2) is 0 Å². The second-order valence-corrected chi connectivity index (χ2v) is 5.26.